The van der Waals surface area contributed by atoms with E-state index in [9.17, 15) is 10.1 Å². The second kappa shape index (κ2) is 7.20. The van der Waals surface area contributed by atoms with E-state index < -0.39 is 0 Å². The average Bonchev–Trinajstić information content (AvgIpc) is 3.16. The van der Waals surface area contributed by atoms with E-state index in [0.717, 1.165) is 4.47 Å². The fourth-order valence-corrected chi connectivity index (χ4v) is 2.52. The first-order chi connectivity index (χ1) is 12.1. The van der Waals surface area contributed by atoms with E-state index >= 15 is 0 Å². The molecule has 2 heterocycles. The van der Waals surface area contributed by atoms with Gasteiger partial charge in [-0.1, -0.05) is 15.9 Å². The lowest BCUT2D eigenvalue weighted by molar-refractivity contribution is 0.102. The Bertz CT molecular complexity index is 945. The number of hydrogen-bond donors (Lipinski definition) is 1. The van der Waals surface area contributed by atoms with Crippen molar-refractivity contribution in [2.75, 3.05) is 12.4 Å². The smallest absolute Gasteiger partial charge is 0.256 e. The second-order valence-electron chi connectivity index (χ2n) is 4.99. The number of nitriles is 1. The van der Waals surface area contributed by atoms with Gasteiger partial charge in [0.2, 0.25) is 5.88 Å². The lowest BCUT2D eigenvalue weighted by atomic mass is 10.1. The van der Waals surface area contributed by atoms with Crippen LogP contribution in [0.3, 0.4) is 0 Å². The first kappa shape index (κ1) is 16.7. The Morgan fingerprint density at radius 2 is 2.08 bits per heavy atom. The third kappa shape index (κ3) is 3.54. The predicted octanol–water partition coefficient (Wildman–Crippen LogP) is 4.24. The molecule has 0 saturated carbocycles. The van der Waals surface area contributed by atoms with E-state index in [2.05, 4.69) is 32.3 Å². The summed E-state index contributed by atoms with van der Waals surface area (Å²) in [6.07, 6.45) is 1.50. The molecule has 0 aliphatic carbocycles. The van der Waals surface area contributed by atoms with Gasteiger partial charge in [-0.3, -0.25) is 4.79 Å². The molecule has 3 rings (SSSR count). The zero-order valence-electron chi connectivity index (χ0n) is 13.1. The summed E-state index contributed by atoms with van der Waals surface area (Å²) in [7, 11) is 1.41. The van der Waals surface area contributed by atoms with Crippen LogP contribution in [-0.2, 0) is 0 Å². The molecule has 0 radical (unpaired) electrons. The van der Waals surface area contributed by atoms with Gasteiger partial charge in [-0.25, -0.2) is 0 Å². The average molecular weight is 398 g/mol. The van der Waals surface area contributed by atoms with Crippen LogP contribution >= 0.6 is 15.9 Å². The van der Waals surface area contributed by atoms with Crippen LogP contribution in [0.5, 0.6) is 5.88 Å². The molecule has 0 aliphatic rings. The summed E-state index contributed by atoms with van der Waals surface area (Å²) in [6.45, 7) is 0. The Kier molecular flexibility index (Phi) is 4.82. The van der Waals surface area contributed by atoms with Gasteiger partial charge in [0.1, 0.15) is 23.2 Å². The Balaban J connectivity index is 1.99. The van der Waals surface area contributed by atoms with Crippen LogP contribution < -0.4 is 10.1 Å². The summed E-state index contributed by atoms with van der Waals surface area (Å²) in [4.78, 5) is 16.6. The van der Waals surface area contributed by atoms with Crippen molar-refractivity contribution in [3.63, 3.8) is 0 Å². The van der Waals surface area contributed by atoms with Gasteiger partial charge in [0.25, 0.3) is 5.91 Å². The number of halogens is 1. The van der Waals surface area contributed by atoms with Crippen molar-refractivity contribution in [1.29, 1.82) is 5.26 Å². The standard InChI is InChI=1S/C18H12BrN3O3/c1-24-18-14(10-20)13(15-3-2-8-25-15)9-16(22-18)21-17(23)11-4-6-12(19)7-5-11/h2-9H,1H3,(H,21,22,23). The summed E-state index contributed by atoms with van der Waals surface area (Å²) in [6, 6.07) is 14.0. The first-order valence-electron chi connectivity index (χ1n) is 7.22. The molecule has 1 N–H and O–H groups in total. The van der Waals surface area contributed by atoms with E-state index in [1.165, 1.54) is 13.4 Å². The zero-order valence-corrected chi connectivity index (χ0v) is 14.7. The first-order valence-corrected chi connectivity index (χ1v) is 8.01. The number of nitrogens with one attached hydrogen (secondary N) is 1. The number of amides is 1. The summed E-state index contributed by atoms with van der Waals surface area (Å²) >= 11 is 3.33. The molecule has 6 nitrogen and oxygen atoms in total. The van der Waals surface area contributed by atoms with Crippen LogP contribution in [-0.4, -0.2) is 18.0 Å². The molecule has 1 aromatic carbocycles. The fourth-order valence-electron chi connectivity index (χ4n) is 2.26. The number of anilines is 1. The molecule has 25 heavy (non-hydrogen) atoms. The van der Waals surface area contributed by atoms with Gasteiger partial charge in [0.05, 0.1) is 13.4 Å². The zero-order chi connectivity index (χ0) is 17.8. The van der Waals surface area contributed by atoms with Gasteiger partial charge in [0, 0.05) is 15.6 Å². The Hall–Kier alpha value is -3.11. The lowest BCUT2D eigenvalue weighted by Crippen LogP contribution is -2.13. The molecule has 7 heteroatoms. The highest BCUT2D eigenvalue weighted by atomic mass is 79.9. The van der Waals surface area contributed by atoms with Crippen LogP contribution in [0.15, 0.2) is 57.6 Å². The minimum Gasteiger partial charge on any atom is -0.480 e. The molecule has 124 valence electrons. The Morgan fingerprint density at radius 3 is 2.68 bits per heavy atom. The molecular weight excluding hydrogens is 386 g/mol. The molecule has 0 atom stereocenters. The van der Waals surface area contributed by atoms with E-state index in [-0.39, 0.29) is 23.2 Å². The highest BCUT2D eigenvalue weighted by Gasteiger charge is 2.18. The molecule has 0 aliphatic heterocycles. The number of pyridine rings is 1. The molecule has 0 saturated heterocycles. The molecule has 2 aromatic heterocycles. The lowest BCUT2D eigenvalue weighted by Gasteiger charge is -2.11. The Labute approximate surface area is 152 Å². The molecule has 0 bridgehead atoms. The third-order valence-corrected chi connectivity index (χ3v) is 3.95. The minimum atomic E-state index is -0.322. The van der Waals surface area contributed by atoms with Gasteiger partial charge in [0.15, 0.2) is 0 Å². The number of ether oxygens (including phenoxy) is 1. The Morgan fingerprint density at radius 1 is 1.32 bits per heavy atom. The van der Waals surface area contributed by atoms with Crippen LogP contribution in [0, 0.1) is 11.3 Å². The van der Waals surface area contributed by atoms with E-state index in [1.54, 1.807) is 42.5 Å². The van der Waals surface area contributed by atoms with Gasteiger partial charge in [-0.2, -0.15) is 10.2 Å². The normalized spacial score (nSPS) is 10.1. The largest absolute Gasteiger partial charge is 0.480 e. The highest BCUT2D eigenvalue weighted by Crippen LogP contribution is 2.31. The van der Waals surface area contributed by atoms with Crippen molar-refractivity contribution in [3.8, 4) is 23.3 Å². The van der Waals surface area contributed by atoms with Crippen LogP contribution in [0.25, 0.3) is 11.3 Å². The second-order valence-corrected chi connectivity index (χ2v) is 5.91. The van der Waals surface area contributed by atoms with Gasteiger partial charge in [-0.15, -0.1) is 0 Å². The minimum absolute atomic E-state index is 0.113. The van der Waals surface area contributed by atoms with Crippen LogP contribution in [0.2, 0.25) is 0 Å². The van der Waals surface area contributed by atoms with Gasteiger partial charge >= 0.3 is 0 Å². The number of rotatable bonds is 4. The fraction of sp³-hybridized carbons (Fsp3) is 0.0556. The van der Waals surface area contributed by atoms with Crippen molar-refractivity contribution in [2.24, 2.45) is 0 Å². The van der Waals surface area contributed by atoms with Gasteiger partial charge < -0.3 is 14.5 Å². The molecule has 0 unspecified atom stereocenters. The number of hydrogen-bond acceptors (Lipinski definition) is 5. The highest BCUT2D eigenvalue weighted by molar-refractivity contribution is 9.10. The van der Waals surface area contributed by atoms with Crippen LogP contribution in [0.1, 0.15) is 15.9 Å². The summed E-state index contributed by atoms with van der Waals surface area (Å²) in [5.41, 5.74) is 1.21. The number of benzene rings is 1. The number of carbonyl (C=O) groups excluding carboxylic acids is 1. The number of methoxy groups -OCH3 is 1. The van der Waals surface area contributed by atoms with E-state index in [4.69, 9.17) is 9.15 Å². The monoisotopic (exact) mass is 397 g/mol. The number of carbonyl (C=O) groups is 1. The number of furan rings is 1. The SMILES string of the molecule is COc1nc(NC(=O)c2ccc(Br)cc2)cc(-c2ccco2)c1C#N. The summed E-state index contributed by atoms with van der Waals surface area (Å²) in [5, 5.41) is 12.1. The molecule has 0 fully saturated rings. The topological polar surface area (TPSA) is 88.2 Å². The quantitative estimate of drug-likeness (QED) is 0.711. The van der Waals surface area contributed by atoms with E-state index in [0.29, 0.717) is 16.9 Å². The van der Waals surface area contributed by atoms with E-state index in [1.807, 2.05) is 0 Å². The van der Waals surface area contributed by atoms with Crippen molar-refractivity contribution in [1.82, 2.24) is 4.98 Å². The number of aromatic nitrogens is 1. The van der Waals surface area contributed by atoms with Crippen molar-refractivity contribution >= 4 is 27.7 Å². The van der Waals surface area contributed by atoms with Crippen molar-refractivity contribution in [3.05, 3.63) is 64.3 Å². The van der Waals surface area contributed by atoms with Crippen molar-refractivity contribution < 1.29 is 13.9 Å². The molecule has 3 aromatic rings. The van der Waals surface area contributed by atoms with Gasteiger partial charge in [-0.05, 0) is 42.5 Å². The molecular formula is C18H12BrN3O3. The summed E-state index contributed by atoms with van der Waals surface area (Å²) < 4.78 is 11.4. The predicted molar refractivity (Wildman–Crippen MR) is 95.3 cm³/mol. The molecule has 0 spiro atoms. The van der Waals surface area contributed by atoms with Crippen LogP contribution in [0.4, 0.5) is 5.82 Å². The maximum atomic E-state index is 12.4. The maximum absolute atomic E-state index is 12.4. The molecule has 1 amide bonds. The summed E-state index contributed by atoms with van der Waals surface area (Å²) in [5.74, 6) is 0.534. The number of nitrogens with zero attached hydrogens (tertiary/aromatic N) is 2. The maximum Gasteiger partial charge on any atom is 0.256 e. The van der Waals surface area contributed by atoms with Crippen molar-refractivity contribution in [2.45, 2.75) is 0 Å². The third-order valence-electron chi connectivity index (χ3n) is 3.43.